The molecule has 5 N–H and O–H groups in total. The number of nitrogens with two attached hydrogens (primary N) is 2. The number of nitrogens with one attached hydrogen (secondary N) is 1. The maximum Gasteiger partial charge on any atom is 0.408 e. The number of hydrogen-bond donors (Lipinski definition) is 3. The number of carbonyl (C=O) groups excluding carboxylic acids is 2. The van der Waals surface area contributed by atoms with Gasteiger partial charge >= 0.3 is 12.2 Å². The van der Waals surface area contributed by atoms with E-state index in [1.54, 1.807) is 17.0 Å². The van der Waals surface area contributed by atoms with Crippen LogP contribution in [0, 0.1) is 5.92 Å². The monoisotopic (exact) mass is 540 g/mol. The van der Waals surface area contributed by atoms with Gasteiger partial charge in [-0.05, 0) is 50.7 Å². The highest BCUT2D eigenvalue weighted by molar-refractivity contribution is 5.95. The minimum Gasteiger partial charge on any atom is -0.463 e. The first-order valence-electron chi connectivity index (χ1n) is 12.1. The van der Waals surface area contributed by atoms with E-state index in [9.17, 15) is 27.2 Å². The second-order valence-electron chi connectivity index (χ2n) is 9.52. The SMILES string of the molecule is C[C@H](NC(=O)c1nc(OC[C@H]2C[C@H](F)C2)nc(N2CCC(c3ccc(N)c(C(N)=O)n3)CC2)n1)C(F)(F)F. The van der Waals surface area contributed by atoms with Crippen LogP contribution in [-0.4, -0.2) is 69.8 Å². The van der Waals surface area contributed by atoms with Gasteiger partial charge in [0.25, 0.3) is 11.8 Å². The van der Waals surface area contributed by atoms with Crippen LogP contribution in [0.3, 0.4) is 0 Å². The van der Waals surface area contributed by atoms with Gasteiger partial charge in [-0.25, -0.2) is 9.37 Å². The molecule has 15 heteroatoms. The van der Waals surface area contributed by atoms with Gasteiger partial charge in [0, 0.05) is 24.7 Å². The maximum absolute atomic E-state index is 13.1. The van der Waals surface area contributed by atoms with Gasteiger partial charge in [0.1, 0.15) is 12.2 Å². The number of halogens is 4. The van der Waals surface area contributed by atoms with E-state index in [0.717, 1.165) is 6.92 Å². The zero-order valence-electron chi connectivity index (χ0n) is 20.5. The van der Waals surface area contributed by atoms with Gasteiger partial charge in [-0.3, -0.25) is 9.59 Å². The van der Waals surface area contributed by atoms with Crippen LogP contribution in [0.25, 0.3) is 0 Å². The van der Waals surface area contributed by atoms with Crippen LogP contribution in [0.15, 0.2) is 12.1 Å². The highest BCUT2D eigenvalue weighted by Crippen LogP contribution is 2.32. The molecule has 0 aromatic carbocycles. The normalized spacial score (nSPS) is 20.9. The predicted octanol–water partition coefficient (Wildman–Crippen LogP) is 2.14. The molecule has 1 aliphatic heterocycles. The Morgan fingerprint density at radius 1 is 1.16 bits per heavy atom. The Hall–Kier alpha value is -3.78. The molecule has 1 saturated carbocycles. The van der Waals surface area contributed by atoms with Crippen LogP contribution in [-0.2, 0) is 0 Å². The van der Waals surface area contributed by atoms with Gasteiger partial charge in [0.05, 0.1) is 12.3 Å². The van der Waals surface area contributed by atoms with Crippen LogP contribution in [0.4, 0.5) is 29.2 Å². The number of ether oxygens (including phenoxy) is 1. The molecule has 1 saturated heterocycles. The lowest BCUT2D eigenvalue weighted by Crippen LogP contribution is -2.44. The van der Waals surface area contributed by atoms with E-state index in [1.807, 2.05) is 5.32 Å². The average molecular weight is 541 g/mol. The van der Waals surface area contributed by atoms with E-state index in [0.29, 0.717) is 44.5 Å². The van der Waals surface area contributed by atoms with Crippen molar-refractivity contribution in [3.63, 3.8) is 0 Å². The maximum atomic E-state index is 13.1. The number of rotatable bonds is 8. The van der Waals surface area contributed by atoms with Crippen LogP contribution < -0.4 is 26.4 Å². The summed E-state index contributed by atoms with van der Waals surface area (Å²) in [6.07, 6.45) is -3.73. The molecule has 1 atom stereocenters. The summed E-state index contributed by atoms with van der Waals surface area (Å²) in [5, 5.41) is 1.84. The lowest BCUT2D eigenvalue weighted by Gasteiger charge is -2.32. The molecule has 1 aliphatic carbocycles. The van der Waals surface area contributed by atoms with Crippen LogP contribution in [0.5, 0.6) is 6.01 Å². The number of alkyl halides is 4. The summed E-state index contributed by atoms with van der Waals surface area (Å²) in [4.78, 5) is 42.4. The van der Waals surface area contributed by atoms with E-state index in [4.69, 9.17) is 16.2 Å². The molecule has 2 aromatic heterocycles. The summed E-state index contributed by atoms with van der Waals surface area (Å²) in [6.45, 7) is 1.74. The summed E-state index contributed by atoms with van der Waals surface area (Å²) in [5.41, 5.74) is 11.9. The van der Waals surface area contributed by atoms with Crippen molar-refractivity contribution >= 4 is 23.5 Å². The molecular formula is C23H28F4N8O3. The minimum absolute atomic E-state index is 0.00142. The van der Waals surface area contributed by atoms with Gasteiger partial charge in [0.2, 0.25) is 11.8 Å². The first kappa shape index (κ1) is 27.3. The molecule has 206 valence electrons. The number of pyridine rings is 1. The first-order valence-corrected chi connectivity index (χ1v) is 12.1. The van der Waals surface area contributed by atoms with Crippen molar-refractivity contribution in [3.8, 4) is 6.01 Å². The number of amides is 2. The van der Waals surface area contributed by atoms with Crippen molar-refractivity contribution in [2.24, 2.45) is 11.7 Å². The number of nitrogens with zero attached hydrogens (tertiary/aromatic N) is 5. The molecule has 0 unspecified atom stereocenters. The van der Waals surface area contributed by atoms with Crippen molar-refractivity contribution in [1.29, 1.82) is 0 Å². The number of aromatic nitrogens is 4. The molecule has 0 bridgehead atoms. The zero-order chi connectivity index (χ0) is 27.6. The second kappa shape index (κ2) is 10.9. The quantitative estimate of drug-likeness (QED) is 0.426. The second-order valence-corrected chi connectivity index (χ2v) is 9.52. The van der Waals surface area contributed by atoms with Gasteiger partial charge in [-0.15, -0.1) is 0 Å². The van der Waals surface area contributed by atoms with E-state index in [-0.39, 0.29) is 41.8 Å². The summed E-state index contributed by atoms with van der Waals surface area (Å²) < 4.78 is 57.6. The van der Waals surface area contributed by atoms with Gasteiger partial charge in [-0.1, -0.05) is 0 Å². The fourth-order valence-electron chi connectivity index (χ4n) is 4.26. The highest BCUT2D eigenvalue weighted by Gasteiger charge is 2.38. The van der Waals surface area contributed by atoms with E-state index in [1.165, 1.54) is 0 Å². The Kier molecular flexibility index (Phi) is 7.83. The number of carbonyl (C=O) groups is 2. The highest BCUT2D eigenvalue weighted by atomic mass is 19.4. The number of piperidine rings is 1. The van der Waals surface area contributed by atoms with E-state index in [2.05, 4.69) is 19.9 Å². The number of nitrogen functional groups attached to an aromatic ring is 1. The third kappa shape index (κ3) is 6.37. The van der Waals surface area contributed by atoms with Crippen LogP contribution in [0.1, 0.15) is 65.3 Å². The van der Waals surface area contributed by atoms with Crippen molar-refractivity contribution < 1.29 is 31.9 Å². The molecule has 0 radical (unpaired) electrons. The van der Waals surface area contributed by atoms with E-state index < -0.39 is 36.0 Å². The van der Waals surface area contributed by atoms with Gasteiger partial charge in [0.15, 0.2) is 5.69 Å². The Bertz CT molecular complexity index is 1180. The van der Waals surface area contributed by atoms with E-state index >= 15 is 0 Å². The molecular weight excluding hydrogens is 512 g/mol. The first-order chi connectivity index (χ1) is 17.9. The van der Waals surface area contributed by atoms with Gasteiger partial charge in [-0.2, -0.15) is 28.1 Å². The summed E-state index contributed by atoms with van der Waals surface area (Å²) in [5.74, 6) is -2.37. The third-order valence-electron chi connectivity index (χ3n) is 6.65. The molecule has 2 aliphatic rings. The summed E-state index contributed by atoms with van der Waals surface area (Å²) in [7, 11) is 0. The Morgan fingerprint density at radius 2 is 1.84 bits per heavy atom. The standard InChI is InChI=1S/C23H28F4N8O3/c1-11(23(25,26)27)30-20(37)19-32-21(34-22(33-19)38-10-12-8-14(24)9-12)35-6-4-13(5-7-35)16-3-2-15(28)17(31-16)18(29)36/h2-3,11-14H,4-10,28H2,1H3,(H2,29,36)(H,30,37)/t11-,12-,14-/m0/s1. The molecule has 2 aromatic rings. The van der Waals surface area contributed by atoms with Crippen molar-refractivity contribution in [2.45, 2.75) is 56.9 Å². The Morgan fingerprint density at radius 3 is 2.45 bits per heavy atom. The molecule has 2 amide bonds. The van der Waals surface area contributed by atoms with Crippen molar-refractivity contribution in [3.05, 3.63) is 29.3 Å². The number of primary amides is 1. The lowest BCUT2D eigenvalue weighted by molar-refractivity contribution is -0.149. The number of hydrogen-bond acceptors (Lipinski definition) is 9. The molecule has 3 heterocycles. The largest absolute Gasteiger partial charge is 0.463 e. The lowest BCUT2D eigenvalue weighted by atomic mass is 9.84. The number of anilines is 2. The predicted molar refractivity (Wildman–Crippen MR) is 127 cm³/mol. The van der Waals surface area contributed by atoms with Crippen molar-refractivity contribution in [1.82, 2.24) is 25.3 Å². The topological polar surface area (TPSA) is 162 Å². The zero-order valence-corrected chi connectivity index (χ0v) is 20.5. The van der Waals surface area contributed by atoms with Crippen LogP contribution in [0.2, 0.25) is 0 Å². The summed E-state index contributed by atoms with van der Waals surface area (Å²) in [6, 6.07) is 0.953. The minimum atomic E-state index is -4.65. The smallest absolute Gasteiger partial charge is 0.408 e. The Labute approximate surface area is 215 Å². The molecule has 38 heavy (non-hydrogen) atoms. The average Bonchev–Trinajstić information content (AvgIpc) is 2.85. The third-order valence-corrected chi connectivity index (χ3v) is 6.65. The van der Waals surface area contributed by atoms with Crippen molar-refractivity contribution in [2.75, 3.05) is 30.3 Å². The van der Waals surface area contributed by atoms with Crippen LogP contribution >= 0.6 is 0 Å². The van der Waals surface area contributed by atoms with Gasteiger partial charge < -0.3 is 26.4 Å². The summed E-state index contributed by atoms with van der Waals surface area (Å²) >= 11 is 0. The molecule has 11 nitrogen and oxygen atoms in total. The fourth-order valence-corrected chi connectivity index (χ4v) is 4.26. The molecule has 2 fully saturated rings. The fraction of sp³-hybridized carbons (Fsp3) is 0.565. The molecule has 0 spiro atoms. The Balaban J connectivity index is 1.50. The molecule has 4 rings (SSSR count).